The van der Waals surface area contributed by atoms with E-state index in [0.29, 0.717) is 30.0 Å². The zero-order valence-corrected chi connectivity index (χ0v) is 12.5. The first-order valence-electron chi connectivity index (χ1n) is 7.14. The Labute approximate surface area is 128 Å². The van der Waals surface area contributed by atoms with Crippen molar-refractivity contribution in [1.82, 2.24) is 4.57 Å². The van der Waals surface area contributed by atoms with E-state index >= 15 is 0 Å². The van der Waals surface area contributed by atoms with Crippen LogP contribution >= 0.6 is 0 Å². The number of nitrogens with zero attached hydrogens (tertiary/aromatic N) is 1. The van der Waals surface area contributed by atoms with Gasteiger partial charge in [0, 0.05) is 17.8 Å². The van der Waals surface area contributed by atoms with Gasteiger partial charge in [0.1, 0.15) is 5.75 Å². The number of fused-ring (bicyclic) bond motifs is 1. The molecule has 114 valence electrons. The summed E-state index contributed by atoms with van der Waals surface area (Å²) in [6.45, 7) is 2.42. The zero-order chi connectivity index (χ0) is 15.9. The molecule has 0 spiro atoms. The summed E-state index contributed by atoms with van der Waals surface area (Å²) in [5, 5.41) is 9.26. The van der Waals surface area contributed by atoms with E-state index in [1.54, 1.807) is 31.4 Å². The third-order valence-corrected chi connectivity index (χ3v) is 4.18. The van der Waals surface area contributed by atoms with Crippen LogP contribution in [-0.4, -0.2) is 28.5 Å². The predicted octanol–water partition coefficient (Wildman–Crippen LogP) is 2.61. The third-order valence-electron chi connectivity index (χ3n) is 4.18. The van der Waals surface area contributed by atoms with Crippen molar-refractivity contribution < 1.29 is 19.4 Å². The minimum Gasteiger partial charge on any atom is -0.497 e. The highest BCUT2D eigenvalue weighted by Crippen LogP contribution is 2.33. The molecule has 1 unspecified atom stereocenters. The number of hydrogen-bond acceptors (Lipinski definition) is 3. The van der Waals surface area contributed by atoms with Crippen LogP contribution in [0, 0.1) is 6.92 Å². The number of aromatic nitrogens is 1. The SMILES string of the molecule is COc1ccc(C(=O)c2c(C)cc3n2CCC3C(=O)O)cc1. The van der Waals surface area contributed by atoms with Crippen molar-refractivity contribution in [3.8, 4) is 5.75 Å². The number of carboxylic acid groups (broad SMARTS) is 1. The van der Waals surface area contributed by atoms with Crippen LogP contribution in [0.1, 0.15) is 39.6 Å². The first kappa shape index (κ1) is 14.4. The van der Waals surface area contributed by atoms with Gasteiger partial charge in [-0.25, -0.2) is 0 Å². The molecule has 1 aliphatic heterocycles. The summed E-state index contributed by atoms with van der Waals surface area (Å²) < 4.78 is 6.94. The number of aliphatic carboxylic acids is 1. The van der Waals surface area contributed by atoms with Crippen molar-refractivity contribution in [3.05, 3.63) is 52.8 Å². The summed E-state index contributed by atoms with van der Waals surface area (Å²) in [5.41, 5.74) is 2.70. The normalized spacial score (nSPS) is 16.4. The van der Waals surface area contributed by atoms with Gasteiger partial charge in [0.15, 0.2) is 0 Å². The number of methoxy groups -OCH3 is 1. The first-order chi connectivity index (χ1) is 10.5. The minimum absolute atomic E-state index is 0.0857. The van der Waals surface area contributed by atoms with Crippen LogP contribution in [0.25, 0.3) is 0 Å². The van der Waals surface area contributed by atoms with E-state index in [-0.39, 0.29) is 5.78 Å². The Kier molecular flexibility index (Phi) is 3.48. The summed E-state index contributed by atoms with van der Waals surface area (Å²) in [5.74, 6) is -0.743. The molecule has 3 rings (SSSR count). The highest BCUT2D eigenvalue weighted by Gasteiger charge is 2.33. The Morgan fingerprint density at radius 2 is 1.95 bits per heavy atom. The zero-order valence-electron chi connectivity index (χ0n) is 12.5. The van der Waals surface area contributed by atoms with Crippen molar-refractivity contribution >= 4 is 11.8 Å². The number of hydrogen-bond donors (Lipinski definition) is 1. The third kappa shape index (κ3) is 2.19. The Morgan fingerprint density at radius 1 is 1.27 bits per heavy atom. The smallest absolute Gasteiger partial charge is 0.312 e. The second-order valence-corrected chi connectivity index (χ2v) is 5.49. The molecule has 0 bridgehead atoms. The van der Waals surface area contributed by atoms with Gasteiger partial charge in [0.25, 0.3) is 0 Å². The second kappa shape index (κ2) is 5.33. The van der Waals surface area contributed by atoms with E-state index in [2.05, 4.69) is 0 Å². The maximum absolute atomic E-state index is 12.8. The van der Waals surface area contributed by atoms with Crippen LogP contribution in [0.4, 0.5) is 0 Å². The van der Waals surface area contributed by atoms with Crippen molar-refractivity contribution in [3.63, 3.8) is 0 Å². The predicted molar refractivity (Wildman–Crippen MR) is 80.6 cm³/mol. The van der Waals surface area contributed by atoms with Gasteiger partial charge in [-0.05, 0) is 49.2 Å². The Hall–Kier alpha value is -2.56. The molecule has 5 heteroatoms. The second-order valence-electron chi connectivity index (χ2n) is 5.49. The average Bonchev–Trinajstić information content (AvgIpc) is 3.04. The molecule has 2 aromatic rings. The van der Waals surface area contributed by atoms with E-state index < -0.39 is 11.9 Å². The lowest BCUT2D eigenvalue weighted by atomic mass is 10.0. The molecule has 1 aromatic carbocycles. The standard InChI is InChI=1S/C17H17NO4/c1-10-9-14-13(17(20)21)7-8-18(14)15(10)16(19)11-3-5-12(22-2)6-4-11/h3-6,9,13H,7-8H2,1-2H3,(H,20,21). The maximum Gasteiger partial charge on any atom is 0.312 e. The van der Waals surface area contributed by atoms with E-state index in [0.717, 1.165) is 11.3 Å². The molecular weight excluding hydrogens is 282 g/mol. The highest BCUT2D eigenvalue weighted by molar-refractivity contribution is 6.09. The van der Waals surface area contributed by atoms with Gasteiger partial charge in [-0.15, -0.1) is 0 Å². The van der Waals surface area contributed by atoms with Crippen molar-refractivity contribution in [2.24, 2.45) is 0 Å². The van der Waals surface area contributed by atoms with E-state index in [4.69, 9.17) is 4.74 Å². The lowest BCUT2D eigenvalue weighted by Gasteiger charge is -2.07. The highest BCUT2D eigenvalue weighted by atomic mass is 16.5. The quantitative estimate of drug-likeness (QED) is 0.881. The molecule has 2 heterocycles. The Bertz CT molecular complexity index is 743. The largest absolute Gasteiger partial charge is 0.497 e. The monoisotopic (exact) mass is 299 g/mol. The number of carbonyl (C=O) groups is 2. The molecule has 0 radical (unpaired) electrons. The molecule has 22 heavy (non-hydrogen) atoms. The van der Waals surface area contributed by atoms with Crippen LogP contribution in [0.3, 0.4) is 0 Å². The molecule has 0 saturated carbocycles. The van der Waals surface area contributed by atoms with Crippen molar-refractivity contribution in [2.75, 3.05) is 7.11 Å². The van der Waals surface area contributed by atoms with E-state index in [9.17, 15) is 14.7 Å². The van der Waals surface area contributed by atoms with Crippen LogP contribution in [0.5, 0.6) is 5.75 Å². The van der Waals surface area contributed by atoms with Gasteiger partial charge in [0.05, 0.1) is 18.7 Å². The van der Waals surface area contributed by atoms with Gasteiger partial charge in [-0.1, -0.05) is 0 Å². The first-order valence-corrected chi connectivity index (χ1v) is 7.14. The van der Waals surface area contributed by atoms with E-state index in [1.807, 2.05) is 17.6 Å². The molecule has 0 saturated heterocycles. The molecule has 1 N–H and O–H groups in total. The average molecular weight is 299 g/mol. The maximum atomic E-state index is 12.8. The number of ketones is 1. The van der Waals surface area contributed by atoms with Gasteiger partial charge < -0.3 is 14.4 Å². The molecule has 1 aliphatic rings. The molecule has 5 nitrogen and oxygen atoms in total. The van der Waals surface area contributed by atoms with Crippen LogP contribution < -0.4 is 4.74 Å². The topological polar surface area (TPSA) is 68.5 Å². The Balaban J connectivity index is 2.00. The lowest BCUT2D eigenvalue weighted by Crippen LogP contribution is -2.10. The summed E-state index contributed by atoms with van der Waals surface area (Å²) in [4.78, 5) is 24.0. The minimum atomic E-state index is -0.834. The number of ether oxygens (including phenoxy) is 1. The summed E-state index contributed by atoms with van der Waals surface area (Å²) in [6, 6.07) is 8.77. The van der Waals surface area contributed by atoms with Crippen LogP contribution in [-0.2, 0) is 11.3 Å². The number of benzene rings is 1. The molecular formula is C17H17NO4. The molecule has 0 aliphatic carbocycles. The van der Waals surface area contributed by atoms with Gasteiger partial charge >= 0.3 is 5.97 Å². The van der Waals surface area contributed by atoms with Crippen LogP contribution in [0.2, 0.25) is 0 Å². The van der Waals surface area contributed by atoms with Gasteiger partial charge in [0.2, 0.25) is 5.78 Å². The molecule has 1 atom stereocenters. The fourth-order valence-electron chi connectivity index (χ4n) is 3.08. The molecule has 0 fully saturated rings. The fourth-order valence-corrected chi connectivity index (χ4v) is 3.08. The lowest BCUT2D eigenvalue weighted by molar-refractivity contribution is -0.138. The van der Waals surface area contributed by atoms with Gasteiger partial charge in [-0.2, -0.15) is 0 Å². The number of carbonyl (C=O) groups excluding carboxylic acids is 1. The summed E-state index contributed by atoms with van der Waals surface area (Å²) >= 11 is 0. The van der Waals surface area contributed by atoms with E-state index in [1.165, 1.54) is 0 Å². The van der Waals surface area contributed by atoms with Crippen molar-refractivity contribution in [2.45, 2.75) is 25.8 Å². The summed E-state index contributed by atoms with van der Waals surface area (Å²) in [7, 11) is 1.58. The molecule has 0 amide bonds. The number of rotatable bonds is 4. The summed E-state index contributed by atoms with van der Waals surface area (Å²) in [6.07, 6.45) is 0.536. The van der Waals surface area contributed by atoms with Crippen LogP contribution in [0.15, 0.2) is 30.3 Å². The number of aryl methyl sites for hydroxylation is 1. The van der Waals surface area contributed by atoms with Gasteiger partial charge in [-0.3, -0.25) is 9.59 Å². The molecule has 1 aromatic heterocycles. The Morgan fingerprint density at radius 3 is 2.55 bits per heavy atom. The van der Waals surface area contributed by atoms with Crippen molar-refractivity contribution in [1.29, 1.82) is 0 Å². The fraction of sp³-hybridized carbons (Fsp3) is 0.294. The number of carboxylic acids is 1.